The van der Waals surface area contributed by atoms with E-state index in [1.165, 1.54) is 0 Å². The molecule has 0 radical (unpaired) electrons. The Hall–Kier alpha value is -0.580. The molecule has 1 rings (SSSR count). The van der Waals surface area contributed by atoms with Crippen LogP contribution in [0.1, 0.15) is 32.0 Å². The average molecular weight is 260 g/mol. The fourth-order valence-electron chi connectivity index (χ4n) is 1.50. The maximum Gasteiger partial charge on any atom is 0.0762 e. The maximum atomic E-state index is 6.02. The van der Waals surface area contributed by atoms with E-state index in [1.807, 2.05) is 16.9 Å². The van der Waals surface area contributed by atoms with Crippen molar-refractivity contribution in [3.63, 3.8) is 0 Å². The zero-order valence-electron chi connectivity index (χ0n) is 10.8. The van der Waals surface area contributed by atoms with Crippen LogP contribution in [0.25, 0.3) is 0 Å². The van der Waals surface area contributed by atoms with E-state index in [1.54, 1.807) is 7.11 Å². The molecular weight excluding hydrogens is 238 g/mol. The number of ether oxygens (including phenoxy) is 1. The normalized spacial score (nSPS) is 13.2. The summed E-state index contributed by atoms with van der Waals surface area (Å²) in [6.45, 7) is 6.51. The zero-order valence-corrected chi connectivity index (χ0v) is 11.6. The second-order valence-electron chi connectivity index (χ2n) is 4.40. The van der Waals surface area contributed by atoms with Crippen molar-refractivity contribution in [2.24, 2.45) is 0 Å². The summed E-state index contributed by atoms with van der Waals surface area (Å²) >= 11 is 6.02. The SMILES string of the molecule is COCC(Cl)CCNCc1ccn(C(C)C)n1. The third kappa shape index (κ3) is 5.52. The summed E-state index contributed by atoms with van der Waals surface area (Å²) in [6.07, 6.45) is 2.91. The molecule has 1 N–H and O–H groups in total. The number of hydrogen-bond donors (Lipinski definition) is 1. The number of hydrogen-bond acceptors (Lipinski definition) is 3. The van der Waals surface area contributed by atoms with E-state index >= 15 is 0 Å². The van der Waals surface area contributed by atoms with Gasteiger partial charge in [-0.3, -0.25) is 4.68 Å². The summed E-state index contributed by atoms with van der Waals surface area (Å²) in [5, 5.41) is 7.87. The van der Waals surface area contributed by atoms with Crippen LogP contribution in [0, 0.1) is 0 Å². The number of nitrogens with zero attached hydrogens (tertiary/aromatic N) is 2. The highest BCUT2D eigenvalue weighted by Gasteiger charge is 2.04. The average Bonchev–Trinajstić information content (AvgIpc) is 2.73. The lowest BCUT2D eigenvalue weighted by Crippen LogP contribution is -2.20. The lowest BCUT2D eigenvalue weighted by molar-refractivity contribution is 0.195. The largest absolute Gasteiger partial charge is 0.383 e. The molecule has 0 aliphatic heterocycles. The Bertz CT molecular complexity index is 314. The number of rotatable bonds is 8. The lowest BCUT2D eigenvalue weighted by Gasteiger charge is -2.08. The molecule has 1 aromatic heterocycles. The van der Waals surface area contributed by atoms with Crippen molar-refractivity contribution in [3.05, 3.63) is 18.0 Å². The Balaban J connectivity index is 2.17. The predicted octanol–water partition coefficient (Wildman–Crippen LogP) is 2.20. The highest BCUT2D eigenvalue weighted by atomic mass is 35.5. The summed E-state index contributed by atoms with van der Waals surface area (Å²) in [5.41, 5.74) is 1.07. The van der Waals surface area contributed by atoms with Gasteiger partial charge in [0.1, 0.15) is 0 Å². The summed E-state index contributed by atoms with van der Waals surface area (Å²) in [5.74, 6) is 0. The first-order chi connectivity index (χ1) is 8.13. The van der Waals surface area contributed by atoms with Crippen molar-refractivity contribution < 1.29 is 4.74 Å². The van der Waals surface area contributed by atoms with E-state index in [4.69, 9.17) is 16.3 Å². The van der Waals surface area contributed by atoms with Crippen LogP contribution >= 0.6 is 11.6 Å². The van der Waals surface area contributed by atoms with Gasteiger partial charge in [0.05, 0.1) is 17.7 Å². The van der Waals surface area contributed by atoms with Gasteiger partial charge >= 0.3 is 0 Å². The van der Waals surface area contributed by atoms with Gasteiger partial charge < -0.3 is 10.1 Å². The maximum absolute atomic E-state index is 6.02. The molecule has 0 fully saturated rings. The van der Waals surface area contributed by atoms with Crippen molar-refractivity contribution in [1.29, 1.82) is 0 Å². The highest BCUT2D eigenvalue weighted by Crippen LogP contribution is 2.04. The number of alkyl halides is 1. The number of nitrogens with one attached hydrogen (secondary N) is 1. The van der Waals surface area contributed by atoms with E-state index in [9.17, 15) is 0 Å². The van der Waals surface area contributed by atoms with Gasteiger partial charge in [-0.05, 0) is 32.9 Å². The zero-order chi connectivity index (χ0) is 12.7. The Kier molecular flexibility index (Phi) is 6.55. The standard InChI is InChI=1S/C12H22ClN3O/c1-10(2)16-7-5-12(15-16)8-14-6-4-11(13)9-17-3/h5,7,10-11,14H,4,6,8-9H2,1-3H3. The molecule has 0 aliphatic carbocycles. The molecule has 0 spiro atoms. The predicted molar refractivity (Wildman–Crippen MR) is 70.5 cm³/mol. The van der Waals surface area contributed by atoms with Gasteiger partial charge in [0, 0.05) is 25.9 Å². The van der Waals surface area contributed by atoms with Crippen LogP contribution in [0.4, 0.5) is 0 Å². The topological polar surface area (TPSA) is 39.1 Å². The summed E-state index contributed by atoms with van der Waals surface area (Å²) in [6, 6.07) is 2.46. The molecule has 0 aliphatic rings. The van der Waals surface area contributed by atoms with Gasteiger partial charge in [-0.15, -0.1) is 11.6 Å². The quantitative estimate of drug-likeness (QED) is 0.575. The molecule has 1 aromatic rings. The Morgan fingerprint density at radius 1 is 1.53 bits per heavy atom. The second-order valence-corrected chi connectivity index (χ2v) is 5.02. The van der Waals surface area contributed by atoms with Crippen LogP contribution in [-0.2, 0) is 11.3 Å². The third-order valence-corrected chi connectivity index (χ3v) is 2.82. The van der Waals surface area contributed by atoms with E-state index in [0.717, 1.165) is 25.2 Å². The van der Waals surface area contributed by atoms with Gasteiger partial charge in [-0.1, -0.05) is 0 Å². The van der Waals surface area contributed by atoms with Crippen molar-refractivity contribution in [1.82, 2.24) is 15.1 Å². The van der Waals surface area contributed by atoms with Crippen LogP contribution in [0.5, 0.6) is 0 Å². The van der Waals surface area contributed by atoms with Crippen molar-refractivity contribution in [3.8, 4) is 0 Å². The van der Waals surface area contributed by atoms with Gasteiger partial charge in [-0.2, -0.15) is 5.10 Å². The Labute approximate surface area is 108 Å². The van der Waals surface area contributed by atoms with Crippen LogP contribution in [0.3, 0.4) is 0 Å². The molecule has 5 heteroatoms. The first kappa shape index (κ1) is 14.5. The molecule has 98 valence electrons. The molecule has 1 heterocycles. The minimum Gasteiger partial charge on any atom is -0.383 e. The van der Waals surface area contributed by atoms with Gasteiger partial charge in [0.15, 0.2) is 0 Å². The first-order valence-corrected chi connectivity index (χ1v) is 6.45. The van der Waals surface area contributed by atoms with E-state index in [-0.39, 0.29) is 5.38 Å². The fraction of sp³-hybridized carbons (Fsp3) is 0.750. The molecule has 0 bridgehead atoms. The van der Waals surface area contributed by atoms with E-state index < -0.39 is 0 Å². The van der Waals surface area contributed by atoms with Crippen molar-refractivity contribution in [2.75, 3.05) is 20.3 Å². The van der Waals surface area contributed by atoms with Crippen LogP contribution in [-0.4, -0.2) is 35.4 Å². The third-order valence-electron chi connectivity index (χ3n) is 2.48. The van der Waals surface area contributed by atoms with Gasteiger partial charge in [0.25, 0.3) is 0 Å². The van der Waals surface area contributed by atoms with Crippen molar-refractivity contribution in [2.45, 2.75) is 38.2 Å². The Morgan fingerprint density at radius 2 is 2.29 bits per heavy atom. The molecule has 1 atom stereocenters. The van der Waals surface area contributed by atoms with E-state index in [2.05, 4.69) is 24.3 Å². The summed E-state index contributed by atoms with van der Waals surface area (Å²) < 4.78 is 6.94. The minimum absolute atomic E-state index is 0.0840. The summed E-state index contributed by atoms with van der Waals surface area (Å²) in [7, 11) is 1.67. The molecule has 4 nitrogen and oxygen atoms in total. The van der Waals surface area contributed by atoms with Gasteiger partial charge in [0.2, 0.25) is 0 Å². The number of halogens is 1. The smallest absolute Gasteiger partial charge is 0.0762 e. The second kappa shape index (κ2) is 7.69. The first-order valence-electron chi connectivity index (χ1n) is 6.01. The Morgan fingerprint density at radius 3 is 2.88 bits per heavy atom. The van der Waals surface area contributed by atoms with Crippen molar-refractivity contribution >= 4 is 11.6 Å². The summed E-state index contributed by atoms with van der Waals surface area (Å²) in [4.78, 5) is 0. The van der Waals surface area contributed by atoms with Gasteiger partial charge in [-0.25, -0.2) is 0 Å². The molecule has 1 unspecified atom stereocenters. The molecule has 0 saturated heterocycles. The molecule has 0 aromatic carbocycles. The van der Waals surface area contributed by atoms with Crippen LogP contribution in [0.2, 0.25) is 0 Å². The molecule has 0 amide bonds. The monoisotopic (exact) mass is 259 g/mol. The fourth-order valence-corrected chi connectivity index (χ4v) is 1.73. The van der Waals surface area contributed by atoms with Crippen LogP contribution in [0.15, 0.2) is 12.3 Å². The van der Waals surface area contributed by atoms with Crippen LogP contribution < -0.4 is 5.32 Å². The van der Waals surface area contributed by atoms with E-state index in [0.29, 0.717) is 12.6 Å². The molecule has 17 heavy (non-hydrogen) atoms. The molecular formula is C12H22ClN3O. The number of aromatic nitrogens is 2. The number of methoxy groups -OCH3 is 1. The molecule has 0 saturated carbocycles. The lowest BCUT2D eigenvalue weighted by atomic mass is 10.3. The highest BCUT2D eigenvalue weighted by molar-refractivity contribution is 6.20. The minimum atomic E-state index is 0.0840.